The van der Waals surface area contributed by atoms with Gasteiger partial charge >= 0.3 is 12.3 Å². The van der Waals surface area contributed by atoms with Crippen LogP contribution in [0.2, 0.25) is 0 Å². The summed E-state index contributed by atoms with van der Waals surface area (Å²) < 4.78 is 53.4. The number of pyridine rings is 1. The number of thiazole rings is 1. The Labute approximate surface area is 224 Å². The number of anilines is 2. The molecule has 11 heteroatoms. The molecule has 0 aliphatic rings. The van der Waals surface area contributed by atoms with Gasteiger partial charge in [0, 0.05) is 17.8 Å². The summed E-state index contributed by atoms with van der Waals surface area (Å²) in [5.41, 5.74) is -1.69. The van der Waals surface area contributed by atoms with Crippen molar-refractivity contribution in [3.63, 3.8) is 0 Å². The molecule has 38 heavy (non-hydrogen) atoms. The summed E-state index contributed by atoms with van der Waals surface area (Å²) in [6.07, 6.45) is -1.69. The van der Waals surface area contributed by atoms with Gasteiger partial charge in [0.25, 0.3) is 0 Å². The lowest BCUT2D eigenvalue weighted by Crippen LogP contribution is -2.52. The van der Waals surface area contributed by atoms with Crippen molar-refractivity contribution in [1.82, 2.24) is 15.3 Å². The lowest BCUT2D eigenvalue weighted by atomic mass is 9.91. The third-order valence-electron chi connectivity index (χ3n) is 5.25. The van der Waals surface area contributed by atoms with E-state index in [0.717, 1.165) is 6.07 Å². The monoisotopic (exact) mass is 550 g/mol. The van der Waals surface area contributed by atoms with E-state index in [1.807, 2.05) is 13.8 Å². The molecule has 0 unspecified atom stereocenters. The van der Waals surface area contributed by atoms with Gasteiger partial charge in [-0.1, -0.05) is 19.9 Å². The van der Waals surface area contributed by atoms with Crippen molar-refractivity contribution < 1.29 is 27.4 Å². The molecule has 0 spiro atoms. The molecule has 0 bridgehead atoms. The van der Waals surface area contributed by atoms with Crippen LogP contribution < -0.4 is 15.4 Å². The molecule has 0 aliphatic carbocycles. The van der Waals surface area contributed by atoms with Gasteiger partial charge in [-0.3, -0.25) is 0 Å². The number of carbonyl (C=O) groups is 1. The fourth-order valence-corrected chi connectivity index (χ4v) is 4.50. The van der Waals surface area contributed by atoms with Crippen LogP contribution in [0.25, 0.3) is 11.1 Å². The lowest BCUT2D eigenvalue weighted by Gasteiger charge is -2.33. The van der Waals surface area contributed by atoms with Crippen molar-refractivity contribution in [3.8, 4) is 16.9 Å². The molecule has 2 heterocycles. The smallest absolute Gasteiger partial charge is 0.419 e. The molecule has 1 atom stereocenters. The van der Waals surface area contributed by atoms with E-state index < -0.39 is 29.0 Å². The van der Waals surface area contributed by atoms with Crippen LogP contribution in [0.5, 0.6) is 5.75 Å². The number of rotatable bonds is 9. The first kappa shape index (κ1) is 29.2. The predicted octanol–water partition coefficient (Wildman–Crippen LogP) is 7.68. The van der Waals surface area contributed by atoms with Crippen LogP contribution >= 0.6 is 11.3 Å². The number of alkyl carbamates (subject to hydrolysis) is 1. The van der Waals surface area contributed by atoms with E-state index in [1.165, 1.54) is 23.6 Å². The average Bonchev–Trinajstić information content (AvgIpc) is 3.28. The van der Waals surface area contributed by atoms with E-state index in [-0.39, 0.29) is 18.3 Å². The van der Waals surface area contributed by atoms with Gasteiger partial charge in [-0.25, -0.2) is 14.8 Å². The largest absolute Gasteiger partial charge is 0.491 e. The minimum Gasteiger partial charge on any atom is -0.491 e. The third kappa shape index (κ3) is 8.61. The fourth-order valence-electron chi connectivity index (χ4n) is 3.96. The zero-order valence-electron chi connectivity index (χ0n) is 22.3. The van der Waals surface area contributed by atoms with Crippen LogP contribution in [0, 0.1) is 5.92 Å². The van der Waals surface area contributed by atoms with E-state index in [4.69, 9.17) is 9.47 Å². The number of carbonyl (C=O) groups excluding carboxylic acids is 1. The maximum atomic E-state index is 14.1. The van der Waals surface area contributed by atoms with Gasteiger partial charge < -0.3 is 20.1 Å². The number of nitrogens with zero attached hydrogens (tertiary/aromatic N) is 2. The van der Waals surface area contributed by atoms with Crippen molar-refractivity contribution in [2.75, 3.05) is 11.9 Å². The molecule has 2 aromatic heterocycles. The number of aromatic nitrogens is 2. The van der Waals surface area contributed by atoms with Gasteiger partial charge in [0.05, 0.1) is 11.1 Å². The Hall–Kier alpha value is -3.34. The van der Waals surface area contributed by atoms with Crippen LogP contribution in [-0.4, -0.2) is 33.8 Å². The molecular formula is C27H33F3N4O3S. The van der Waals surface area contributed by atoms with Crippen molar-refractivity contribution in [2.24, 2.45) is 5.92 Å². The van der Waals surface area contributed by atoms with Crippen molar-refractivity contribution in [1.29, 1.82) is 0 Å². The Morgan fingerprint density at radius 2 is 1.74 bits per heavy atom. The maximum Gasteiger partial charge on any atom is 0.419 e. The standard InChI is InChI=1S/C27H33F3N4O3S/c1-17(2)15-26(6,34-24(35)37-25(3,4)5)16-36-21-8-7-18(13-20(21)27(28,29)30)19-9-10-31-22(14-19)33-23-32-11-12-38-23/h7-14,17H,15-16H2,1-6H3,(H,34,35)(H,31,32,33)/t26-/m0/s1. The first-order chi connectivity index (χ1) is 17.6. The lowest BCUT2D eigenvalue weighted by molar-refractivity contribution is -0.139. The van der Waals surface area contributed by atoms with Gasteiger partial charge in [0.2, 0.25) is 0 Å². The molecule has 0 saturated heterocycles. The SMILES string of the molecule is CC(C)C[C@@](C)(COc1ccc(-c2ccnc(Nc3nccs3)c2)cc1C(F)(F)F)NC(=O)OC(C)(C)C. The van der Waals surface area contributed by atoms with E-state index in [0.29, 0.717) is 28.5 Å². The molecule has 0 aliphatic heterocycles. The van der Waals surface area contributed by atoms with Gasteiger partial charge in [0.15, 0.2) is 5.13 Å². The van der Waals surface area contributed by atoms with Gasteiger partial charge in [0.1, 0.15) is 23.8 Å². The highest BCUT2D eigenvalue weighted by molar-refractivity contribution is 7.13. The molecule has 0 saturated carbocycles. The minimum absolute atomic E-state index is 0.141. The van der Waals surface area contributed by atoms with Gasteiger partial charge in [-0.2, -0.15) is 13.2 Å². The molecular weight excluding hydrogens is 517 g/mol. The number of amides is 1. The Morgan fingerprint density at radius 3 is 2.34 bits per heavy atom. The zero-order chi connectivity index (χ0) is 28.1. The topological polar surface area (TPSA) is 85.4 Å². The van der Waals surface area contributed by atoms with E-state index in [2.05, 4.69) is 20.6 Å². The molecule has 2 N–H and O–H groups in total. The number of nitrogens with one attached hydrogen (secondary N) is 2. The normalized spacial score (nSPS) is 13.6. The summed E-state index contributed by atoms with van der Waals surface area (Å²) in [5.74, 6) is 0.281. The van der Waals surface area contributed by atoms with Gasteiger partial charge in [-0.05, 0) is 75.4 Å². The van der Waals surface area contributed by atoms with Crippen LogP contribution in [0.1, 0.15) is 53.5 Å². The van der Waals surface area contributed by atoms with Crippen LogP contribution in [0.3, 0.4) is 0 Å². The Kier molecular flexibility index (Phi) is 8.91. The highest BCUT2D eigenvalue weighted by Gasteiger charge is 2.36. The summed E-state index contributed by atoms with van der Waals surface area (Å²) in [6, 6.07) is 7.21. The quantitative estimate of drug-likeness (QED) is 0.284. The minimum atomic E-state index is -4.66. The Bertz CT molecular complexity index is 1230. The third-order valence-corrected chi connectivity index (χ3v) is 5.94. The molecule has 3 rings (SSSR count). The highest BCUT2D eigenvalue weighted by Crippen LogP contribution is 2.39. The number of halogens is 3. The summed E-state index contributed by atoms with van der Waals surface area (Å²) >= 11 is 1.38. The fraction of sp³-hybridized carbons (Fsp3) is 0.444. The zero-order valence-corrected chi connectivity index (χ0v) is 23.1. The summed E-state index contributed by atoms with van der Waals surface area (Å²) in [6.45, 7) is 10.7. The second kappa shape index (κ2) is 11.6. The number of hydrogen-bond acceptors (Lipinski definition) is 7. The number of hydrogen-bond donors (Lipinski definition) is 2. The Balaban J connectivity index is 1.85. The van der Waals surface area contributed by atoms with Crippen LogP contribution in [0.15, 0.2) is 48.1 Å². The van der Waals surface area contributed by atoms with Crippen molar-refractivity contribution in [2.45, 2.75) is 65.3 Å². The number of alkyl halides is 3. The van der Waals surface area contributed by atoms with Gasteiger partial charge in [-0.15, -0.1) is 11.3 Å². The number of ether oxygens (including phenoxy) is 2. The van der Waals surface area contributed by atoms with E-state index in [9.17, 15) is 18.0 Å². The summed E-state index contributed by atoms with van der Waals surface area (Å²) in [4.78, 5) is 20.8. The summed E-state index contributed by atoms with van der Waals surface area (Å²) in [7, 11) is 0. The molecule has 1 amide bonds. The molecule has 206 valence electrons. The molecule has 3 aromatic rings. The Morgan fingerprint density at radius 1 is 1.03 bits per heavy atom. The van der Waals surface area contributed by atoms with Crippen molar-refractivity contribution >= 4 is 28.4 Å². The molecule has 1 aromatic carbocycles. The van der Waals surface area contributed by atoms with Crippen LogP contribution in [-0.2, 0) is 10.9 Å². The first-order valence-electron chi connectivity index (χ1n) is 12.1. The highest BCUT2D eigenvalue weighted by atomic mass is 32.1. The molecule has 0 radical (unpaired) electrons. The molecule has 0 fully saturated rings. The molecule has 7 nitrogen and oxygen atoms in total. The predicted molar refractivity (Wildman–Crippen MR) is 143 cm³/mol. The van der Waals surface area contributed by atoms with E-state index in [1.54, 1.807) is 57.5 Å². The van der Waals surface area contributed by atoms with Crippen molar-refractivity contribution in [3.05, 3.63) is 53.7 Å². The summed E-state index contributed by atoms with van der Waals surface area (Å²) in [5, 5.41) is 8.25. The second-order valence-corrected chi connectivity index (χ2v) is 11.6. The number of benzene rings is 1. The second-order valence-electron chi connectivity index (χ2n) is 10.7. The first-order valence-corrected chi connectivity index (χ1v) is 13.0. The van der Waals surface area contributed by atoms with E-state index >= 15 is 0 Å². The average molecular weight is 551 g/mol. The maximum absolute atomic E-state index is 14.1. The van der Waals surface area contributed by atoms with Crippen LogP contribution in [0.4, 0.5) is 28.9 Å².